The minimum absolute atomic E-state index is 0.210. The Kier molecular flexibility index (Phi) is 9.25. The van der Waals surface area contributed by atoms with Crippen LogP contribution in [0.5, 0.6) is 0 Å². The van der Waals surface area contributed by atoms with Gasteiger partial charge in [-0.15, -0.1) is 0 Å². The number of piperidine rings is 1. The highest BCUT2D eigenvalue weighted by Gasteiger charge is 2.24. The normalized spacial score (nSPS) is 16.6. The van der Waals surface area contributed by atoms with Crippen LogP contribution in [0.4, 0.5) is 4.79 Å². The van der Waals surface area contributed by atoms with Crippen LogP contribution in [0, 0.1) is 6.92 Å². The summed E-state index contributed by atoms with van der Waals surface area (Å²) in [6.07, 6.45) is 1.56. The molecule has 1 unspecified atom stereocenters. The van der Waals surface area contributed by atoms with Crippen molar-refractivity contribution >= 4 is 12.1 Å². The molecule has 2 rings (SSSR count). The lowest BCUT2D eigenvalue weighted by molar-refractivity contribution is 0.0963. The summed E-state index contributed by atoms with van der Waals surface area (Å²) in [7, 11) is 4.18. The molecule has 0 aromatic heterocycles. The van der Waals surface area contributed by atoms with Gasteiger partial charge in [-0.2, -0.15) is 0 Å². The third-order valence-corrected chi connectivity index (χ3v) is 5.21. The van der Waals surface area contributed by atoms with E-state index in [-0.39, 0.29) is 12.1 Å². The molecule has 0 radical (unpaired) electrons. The van der Waals surface area contributed by atoms with Crippen LogP contribution >= 0.6 is 0 Å². The first-order valence-corrected chi connectivity index (χ1v) is 10.6. The minimum Gasteiger partial charge on any atom is -0.450 e. The zero-order valence-electron chi connectivity index (χ0n) is 18.6. The molecule has 1 aliphatic rings. The third-order valence-electron chi connectivity index (χ3n) is 5.21. The van der Waals surface area contributed by atoms with Crippen molar-refractivity contribution in [2.75, 3.05) is 46.9 Å². The number of benzene rings is 1. The molecule has 2 N–H and O–H groups in total. The summed E-state index contributed by atoms with van der Waals surface area (Å²) in [5.74, 6) is 0.834. The van der Waals surface area contributed by atoms with Crippen LogP contribution in [-0.2, 0) is 4.74 Å². The number of likely N-dealkylation sites (N-methyl/N-ethyl adjacent to an activating group) is 1. The summed E-state index contributed by atoms with van der Waals surface area (Å²) in [6, 6.07) is 9.18. The lowest BCUT2D eigenvalue weighted by Gasteiger charge is -2.32. The van der Waals surface area contributed by atoms with Crippen LogP contribution in [0.25, 0.3) is 0 Å². The zero-order valence-corrected chi connectivity index (χ0v) is 18.6. The smallest absolute Gasteiger partial charge is 0.409 e. The number of likely N-dealkylation sites (tertiary alicyclic amines) is 1. The Bertz CT molecular complexity index is 652. The van der Waals surface area contributed by atoms with Gasteiger partial charge in [-0.1, -0.05) is 29.8 Å². The first kappa shape index (κ1) is 23.0. The van der Waals surface area contributed by atoms with Gasteiger partial charge in [-0.25, -0.2) is 4.79 Å². The fourth-order valence-electron chi connectivity index (χ4n) is 3.47. The summed E-state index contributed by atoms with van der Waals surface area (Å²) in [5, 5.41) is 6.90. The molecule has 1 fully saturated rings. The van der Waals surface area contributed by atoms with E-state index in [0.29, 0.717) is 32.3 Å². The van der Waals surface area contributed by atoms with E-state index in [1.54, 1.807) is 4.90 Å². The van der Waals surface area contributed by atoms with Crippen molar-refractivity contribution in [1.82, 2.24) is 20.4 Å². The topological polar surface area (TPSA) is 69.2 Å². The summed E-state index contributed by atoms with van der Waals surface area (Å²) < 4.78 is 5.10. The quantitative estimate of drug-likeness (QED) is 0.541. The average Bonchev–Trinajstić information content (AvgIpc) is 2.70. The number of nitrogens with one attached hydrogen (secondary N) is 2. The van der Waals surface area contributed by atoms with Gasteiger partial charge in [0.1, 0.15) is 0 Å². The maximum Gasteiger partial charge on any atom is 0.409 e. The van der Waals surface area contributed by atoms with Gasteiger partial charge in [0.05, 0.1) is 19.2 Å². The Labute approximate surface area is 175 Å². The molecule has 0 spiro atoms. The number of hydrogen-bond acceptors (Lipinski definition) is 4. The lowest BCUT2D eigenvalue weighted by atomic mass is 10.0. The number of ether oxygens (including phenoxy) is 1. The molecule has 1 saturated heterocycles. The summed E-state index contributed by atoms with van der Waals surface area (Å²) >= 11 is 0. The second-order valence-electron chi connectivity index (χ2n) is 7.71. The molecule has 29 heavy (non-hydrogen) atoms. The van der Waals surface area contributed by atoms with Crippen molar-refractivity contribution in [2.24, 2.45) is 4.99 Å². The summed E-state index contributed by atoms with van der Waals surface area (Å²) in [4.78, 5) is 20.7. The predicted octanol–water partition coefficient (Wildman–Crippen LogP) is 2.77. The highest BCUT2D eigenvalue weighted by molar-refractivity contribution is 5.80. The number of hydrogen-bond donors (Lipinski definition) is 2. The highest BCUT2D eigenvalue weighted by atomic mass is 16.6. The first-order chi connectivity index (χ1) is 13.9. The molecule has 1 aromatic rings. The van der Waals surface area contributed by atoms with E-state index in [4.69, 9.17) is 9.73 Å². The number of aliphatic imine (C=N–C) groups is 1. The Morgan fingerprint density at radius 3 is 2.45 bits per heavy atom. The maximum atomic E-state index is 11.9. The number of nitrogens with zero attached hydrogens (tertiary/aromatic N) is 3. The van der Waals surface area contributed by atoms with E-state index in [1.807, 2.05) is 6.92 Å². The molecule has 0 aliphatic carbocycles. The molecular formula is C22H37N5O2. The third kappa shape index (κ3) is 7.24. The summed E-state index contributed by atoms with van der Waals surface area (Å²) in [6.45, 7) is 9.33. The number of rotatable bonds is 7. The summed E-state index contributed by atoms with van der Waals surface area (Å²) in [5.41, 5.74) is 2.53. The number of carbonyl (C=O) groups excluding carboxylic acids is 1. The van der Waals surface area contributed by atoms with Gasteiger partial charge >= 0.3 is 6.09 Å². The Morgan fingerprint density at radius 2 is 1.90 bits per heavy atom. The molecule has 162 valence electrons. The van der Waals surface area contributed by atoms with E-state index >= 15 is 0 Å². The molecular weight excluding hydrogens is 366 g/mol. The number of aryl methyl sites for hydroxylation is 1. The van der Waals surface area contributed by atoms with Gasteiger partial charge in [-0.3, -0.25) is 4.99 Å². The van der Waals surface area contributed by atoms with Crippen LogP contribution in [0.15, 0.2) is 29.3 Å². The van der Waals surface area contributed by atoms with E-state index in [9.17, 15) is 4.79 Å². The fraction of sp³-hybridized carbons (Fsp3) is 0.636. The van der Waals surface area contributed by atoms with E-state index < -0.39 is 0 Å². The van der Waals surface area contributed by atoms with Gasteiger partial charge in [0.2, 0.25) is 0 Å². The molecule has 1 aliphatic heterocycles. The Morgan fingerprint density at radius 1 is 1.24 bits per heavy atom. The molecule has 1 amide bonds. The monoisotopic (exact) mass is 403 g/mol. The number of amides is 1. The van der Waals surface area contributed by atoms with Gasteiger partial charge in [-0.05, 0) is 53.3 Å². The van der Waals surface area contributed by atoms with Crippen molar-refractivity contribution < 1.29 is 9.53 Å². The molecule has 7 nitrogen and oxygen atoms in total. The van der Waals surface area contributed by atoms with Gasteiger partial charge in [0.15, 0.2) is 5.96 Å². The van der Waals surface area contributed by atoms with Crippen molar-refractivity contribution in [3.63, 3.8) is 0 Å². The van der Waals surface area contributed by atoms with Crippen LogP contribution in [0.2, 0.25) is 0 Å². The molecule has 0 bridgehead atoms. The van der Waals surface area contributed by atoms with E-state index in [2.05, 4.69) is 67.7 Å². The van der Waals surface area contributed by atoms with Crippen LogP contribution in [-0.4, -0.2) is 74.8 Å². The second kappa shape index (κ2) is 11.7. The van der Waals surface area contributed by atoms with Crippen LogP contribution < -0.4 is 10.6 Å². The van der Waals surface area contributed by atoms with Gasteiger partial charge < -0.3 is 25.2 Å². The number of carbonyl (C=O) groups is 1. The van der Waals surface area contributed by atoms with E-state index in [0.717, 1.165) is 25.3 Å². The average molecular weight is 404 g/mol. The SMILES string of the molecule is CCNC(=NCC(c1ccc(C)cc1)N(C)C)NC1CCN(C(=O)OCC)CC1. The molecule has 1 aromatic carbocycles. The van der Waals surface area contributed by atoms with Crippen molar-refractivity contribution in [2.45, 2.75) is 45.7 Å². The van der Waals surface area contributed by atoms with Crippen molar-refractivity contribution in [3.8, 4) is 0 Å². The fourth-order valence-corrected chi connectivity index (χ4v) is 3.47. The maximum absolute atomic E-state index is 11.9. The van der Waals surface area contributed by atoms with Gasteiger partial charge in [0.25, 0.3) is 0 Å². The predicted molar refractivity (Wildman–Crippen MR) is 118 cm³/mol. The van der Waals surface area contributed by atoms with Crippen molar-refractivity contribution in [3.05, 3.63) is 35.4 Å². The Balaban J connectivity index is 1.96. The van der Waals surface area contributed by atoms with Crippen LogP contribution in [0.1, 0.15) is 43.9 Å². The standard InChI is InChI=1S/C22H37N5O2/c1-6-23-21(25-19-12-14-27(15-13-19)22(28)29-7-2)24-16-20(26(4)5)18-10-8-17(3)9-11-18/h8-11,19-20H,6-7,12-16H2,1-5H3,(H2,23,24,25). The van der Waals surface area contributed by atoms with Crippen molar-refractivity contribution in [1.29, 1.82) is 0 Å². The highest BCUT2D eigenvalue weighted by Crippen LogP contribution is 2.19. The minimum atomic E-state index is -0.210. The molecule has 7 heteroatoms. The molecule has 1 atom stereocenters. The van der Waals surface area contributed by atoms with Gasteiger partial charge in [0, 0.05) is 25.7 Å². The van der Waals surface area contributed by atoms with E-state index in [1.165, 1.54) is 11.1 Å². The van der Waals surface area contributed by atoms with Crippen LogP contribution in [0.3, 0.4) is 0 Å². The molecule has 0 saturated carbocycles. The first-order valence-electron chi connectivity index (χ1n) is 10.6. The zero-order chi connectivity index (χ0) is 21.2. The molecule has 1 heterocycles. The number of guanidine groups is 1. The second-order valence-corrected chi connectivity index (χ2v) is 7.71. The lowest BCUT2D eigenvalue weighted by Crippen LogP contribution is -2.50. The Hall–Kier alpha value is -2.28. The largest absolute Gasteiger partial charge is 0.450 e.